The summed E-state index contributed by atoms with van der Waals surface area (Å²) in [6.07, 6.45) is 3.31. The molecule has 3 heterocycles. The summed E-state index contributed by atoms with van der Waals surface area (Å²) in [5.74, 6) is 0.776. The average molecular weight is 405 g/mol. The Balaban J connectivity index is 1.83. The van der Waals surface area contributed by atoms with Gasteiger partial charge in [-0.05, 0) is 47.0 Å². The summed E-state index contributed by atoms with van der Waals surface area (Å²) < 4.78 is 11.3. The van der Waals surface area contributed by atoms with Crippen molar-refractivity contribution >= 4 is 21.8 Å². The zero-order valence-corrected chi connectivity index (χ0v) is 15.6. The minimum absolute atomic E-state index is 0.0494. The topological polar surface area (TPSA) is 94.1 Å². The lowest BCUT2D eigenvalue weighted by molar-refractivity contribution is 0.0883. The van der Waals surface area contributed by atoms with Crippen molar-refractivity contribution in [2.75, 3.05) is 0 Å². The van der Waals surface area contributed by atoms with Gasteiger partial charge in [-0.3, -0.25) is 9.78 Å². The molecular weight excluding hydrogens is 388 g/mol. The van der Waals surface area contributed by atoms with Crippen molar-refractivity contribution < 1.29 is 13.7 Å². The smallest absolute Gasteiger partial charge is 0.287 e. The molecule has 1 N–H and O–H groups in total. The number of aromatic nitrogens is 3. The zero-order valence-electron chi connectivity index (χ0n) is 14.0. The number of hydrogen-bond acceptors (Lipinski definition) is 6. The van der Waals surface area contributed by atoms with Crippen molar-refractivity contribution in [3.63, 3.8) is 0 Å². The minimum Gasteiger partial charge on any atom is -0.444 e. The van der Waals surface area contributed by atoms with Gasteiger partial charge >= 0.3 is 0 Å². The Morgan fingerprint density at radius 1 is 1.28 bits per heavy atom. The first-order chi connectivity index (χ1) is 12.0. The molecular formula is C17H17BrN4O3. The molecule has 0 radical (unpaired) electrons. The number of halogens is 1. The van der Waals surface area contributed by atoms with Crippen LogP contribution in [-0.4, -0.2) is 21.0 Å². The van der Waals surface area contributed by atoms with Crippen LogP contribution < -0.4 is 5.32 Å². The predicted molar refractivity (Wildman–Crippen MR) is 93.7 cm³/mol. The van der Waals surface area contributed by atoms with Gasteiger partial charge in [0, 0.05) is 23.5 Å². The number of rotatable bonds is 5. The summed E-state index contributed by atoms with van der Waals surface area (Å²) in [6, 6.07) is 4.90. The van der Waals surface area contributed by atoms with Crippen molar-refractivity contribution in [2.45, 2.75) is 26.8 Å². The molecule has 0 fully saturated rings. The van der Waals surface area contributed by atoms with Gasteiger partial charge in [0.15, 0.2) is 10.4 Å². The highest BCUT2D eigenvalue weighted by molar-refractivity contribution is 9.10. The second kappa shape index (κ2) is 7.18. The summed E-state index contributed by atoms with van der Waals surface area (Å²) in [4.78, 5) is 20.9. The number of aryl methyl sites for hydroxylation is 1. The molecule has 0 aliphatic rings. The van der Waals surface area contributed by atoms with Crippen LogP contribution in [0.5, 0.6) is 0 Å². The van der Waals surface area contributed by atoms with E-state index >= 15 is 0 Å². The first-order valence-electron chi connectivity index (χ1n) is 7.76. The van der Waals surface area contributed by atoms with Crippen molar-refractivity contribution in [1.29, 1.82) is 0 Å². The molecule has 0 aliphatic heterocycles. The van der Waals surface area contributed by atoms with E-state index in [2.05, 4.69) is 36.4 Å². The number of amides is 1. The van der Waals surface area contributed by atoms with Gasteiger partial charge in [0.05, 0.1) is 0 Å². The van der Waals surface area contributed by atoms with Gasteiger partial charge < -0.3 is 14.3 Å². The fraction of sp³-hybridized carbons (Fsp3) is 0.294. The second-order valence-corrected chi connectivity index (χ2v) is 6.73. The standard InChI is InChI=1S/C17H17BrN4O3/c1-9(2)13(20-16(23)14-10(3)8-12(18)24-14)17-21-15(22-25-17)11-4-6-19-7-5-11/h4-9,13H,1-3H3,(H,20,23). The molecule has 3 aromatic heterocycles. The number of carbonyl (C=O) groups is 1. The molecule has 8 heteroatoms. The fourth-order valence-electron chi connectivity index (χ4n) is 2.37. The van der Waals surface area contributed by atoms with Crippen LogP contribution in [0.2, 0.25) is 0 Å². The van der Waals surface area contributed by atoms with Crippen LogP contribution in [0.3, 0.4) is 0 Å². The number of hydrogen-bond donors (Lipinski definition) is 1. The first kappa shape index (κ1) is 17.3. The highest BCUT2D eigenvalue weighted by Gasteiger charge is 2.27. The van der Waals surface area contributed by atoms with E-state index in [1.807, 2.05) is 20.8 Å². The Morgan fingerprint density at radius 3 is 2.60 bits per heavy atom. The highest BCUT2D eigenvalue weighted by atomic mass is 79.9. The number of nitrogens with one attached hydrogen (secondary N) is 1. The lowest BCUT2D eigenvalue weighted by Gasteiger charge is -2.17. The highest BCUT2D eigenvalue weighted by Crippen LogP contribution is 2.25. The molecule has 0 saturated heterocycles. The van der Waals surface area contributed by atoms with Crippen molar-refractivity contribution in [3.05, 3.63) is 52.5 Å². The van der Waals surface area contributed by atoms with E-state index < -0.39 is 6.04 Å². The molecule has 0 saturated carbocycles. The largest absolute Gasteiger partial charge is 0.444 e. The normalized spacial score (nSPS) is 12.4. The summed E-state index contributed by atoms with van der Waals surface area (Å²) in [5.41, 5.74) is 1.54. The van der Waals surface area contributed by atoms with E-state index in [0.29, 0.717) is 16.4 Å². The number of pyridine rings is 1. The molecule has 25 heavy (non-hydrogen) atoms. The van der Waals surface area contributed by atoms with E-state index in [1.54, 1.807) is 30.6 Å². The SMILES string of the molecule is Cc1cc(Br)oc1C(=O)NC(c1nc(-c2ccncc2)no1)C(C)C. The summed E-state index contributed by atoms with van der Waals surface area (Å²) in [5, 5.41) is 6.90. The van der Waals surface area contributed by atoms with Gasteiger partial charge in [-0.15, -0.1) is 0 Å². The molecule has 130 valence electrons. The predicted octanol–water partition coefficient (Wildman–Crippen LogP) is 3.92. The second-order valence-electron chi connectivity index (χ2n) is 5.95. The van der Waals surface area contributed by atoms with E-state index in [4.69, 9.17) is 8.94 Å². The van der Waals surface area contributed by atoms with Crippen LogP contribution >= 0.6 is 15.9 Å². The van der Waals surface area contributed by atoms with Gasteiger partial charge in [-0.2, -0.15) is 4.98 Å². The molecule has 0 spiro atoms. The van der Waals surface area contributed by atoms with Crippen LogP contribution in [0.25, 0.3) is 11.4 Å². The van der Waals surface area contributed by atoms with Crippen LogP contribution in [0, 0.1) is 12.8 Å². The molecule has 7 nitrogen and oxygen atoms in total. The average Bonchev–Trinajstić information content (AvgIpc) is 3.19. The molecule has 1 amide bonds. The maximum Gasteiger partial charge on any atom is 0.287 e. The van der Waals surface area contributed by atoms with Crippen molar-refractivity contribution in [3.8, 4) is 11.4 Å². The maximum atomic E-state index is 12.5. The molecule has 0 bridgehead atoms. The third kappa shape index (κ3) is 3.79. The van der Waals surface area contributed by atoms with E-state index in [9.17, 15) is 4.79 Å². The molecule has 0 aromatic carbocycles. The summed E-state index contributed by atoms with van der Waals surface area (Å²) in [7, 11) is 0. The quantitative estimate of drug-likeness (QED) is 0.692. The first-order valence-corrected chi connectivity index (χ1v) is 8.56. The Bertz CT molecular complexity index is 873. The van der Waals surface area contributed by atoms with Crippen molar-refractivity contribution in [1.82, 2.24) is 20.4 Å². The van der Waals surface area contributed by atoms with Crippen LogP contribution in [0.15, 0.2) is 44.2 Å². The van der Waals surface area contributed by atoms with Crippen LogP contribution in [0.4, 0.5) is 0 Å². The van der Waals surface area contributed by atoms with E-state index in [0.717, 1.165) is 11.1 Å². The third-order valence-corrected chi connectivity index (χ3v) is 4.08. The third-order valence-electron chi connectivity index (χ3n) is 3.69. The fourth-order valence-corrected chi connectivity index (χ4v) is 2.87. The Morgan fingerprint density at radius 2 is 2.00 bits per heavy atom. The zero-order chi connectivity index (χ0) is 18.0. The van der Waals surface area contributed by atoms with Crippen LogP contribution in [0.1, 0.15) is 41.9 Å². The lowest BCUT2D eigenvalue weighted by Crippen LogP contribution is -2.32. The molecule has 3 aromatic rings. The van der Waals surface area contributed by atoms with E-state index in [1.165, 1.54) is 0 Å². The Hall–Kier alpha value is -2.48. The Labute approximate surface area is 153 Å². The summed E-state index contributed by atoms with van der Waals surface area (Å²) in [6.45, 7) is 5.74. The Kier molecular flexibility index (Phi) is 4.98. The monoisotopic (exact) mass is 404 g/mol. The van der Waals surface area contributed by atoms with Crippen molar-refractivity contribution in [2.24, 2.45) is 5.92 Å². The van der Waals surface area contributed by atoms with Gasteiger partial charge in [-0.25, -0.2) is 0 Å². The summed E-state index contributed by atoms with van der Waals surface area (Å²) >= 11 is 3.23. The van der Waals surface area contributed by atoms with Gasteiger partial charge in [0.2, 0.25) is 11.7 Å². The maximum absolute atomic E-state index is 12.5. The van der Waals surface area contributed by atoms with Gasteiger partial charge in [0.25, 0.3) is 5.91 Å². The molecule has 3 rings (SSSR count). The van der Waals surface area contributed by atoms with E-state index in [-0.39, 0.29) is 17.6 Å². The number of furan rings is 1. The van der Waals surface area contributed by atoms with Gasteiger partial charge in [0.1, 0.15) is 6.04 Å². The minimum atomic E-state index is -0.432. The number of carbonyl (C=O) groups excluding carboxylic acids is 1. The van der Waals surface area contributed by atoms with Gasteiger partial charge in [-0.1, -0.05) is 19.0 Å². The molecule has 1 atom stereocenters. The molecule has 0 aliphatic carbocycles. The lowest BCUT2D eigenvalue weighted by atomic mass is 10.0. The number of nitrogens with zero attached hydrogens (tertiary/aromatic N) is 3. The van der Waals surface area contributed by atoms with Crippen LogP contribution in [-0.2, 0) is 0 Å². The molecule has 1 unspecified atom stereocenters.